The van der Waals surface area contributed by atoms with Gasteiger partial charge < -0.3 is 9.64 Å². The number of hydrogen-bond acceptors (Lipinski definition) is 2. The third-order valence-electron chi connectivity index (χ3n) is 1.40. The summed E-state index contributed by atoms with van der Waals surface area (Å²) in [6.07, 6.45) is 0. The Hall–Kier alpha value is -1.16. The first-order valence-corrected chi connectivity index (χ1v) is 4.15. The standard InChI is InChI=1S/C9H10FNOS/c1-11(2)9(13)12-8-6-4-3-5-7(8)10/h3-6H,1-2H3. The predicted octanol–water partition coefficient (Wildman–Crippen LogP) is 2.05. The Kier molecular flexibility index (Phi) is 3.19. The van der Waals surface area contributed by atoms with Crippen LogP contribution in [0, 0.1) is 5.82 Å². The van der Waals surface area contributed by atoms with Gasteiger partial charge in [0, 0.05) is 14.1 Å². The maximum absolute atomic E-state index is 13.0. The number of rotatable bonds is 1. The van der Waals surface area contributed by atoms with Crippen LogP contribution < -0.4 is 4.74 Å². The molecule has 0 saturated carbocycles. The number of benzene rings is 1. The average Bonchev–Trinajstić information content (AvgIpc) is 2.08. The highest BCUT2D eigenvalue weighted by Gasteiger charge is 2.05. The fraction of sp³-hybridized carbons (Fsp3) is 0.222. The number of halogens is 1. The number of ether oxygens (including phenoxy) is 1. The largest absolute Gasteiger partial charge is 0.429 e. The molecule has 13 heavy (non-hydrogen) atoms. The van der Waals surface area contributed by atoms with Crippen LogP contribution in [0.2, 0.25) is 0 Å². The van der Waals surface area contributed by atoms with Crippen molar-refractivity contribution in [2.45, 2.75) is 0 Å². The van der Waals surface area contributed by atoms with E-state index >= 15 is 0 Å². The summed E-state index contributed by atoms with van der Waals surface area (Å²) in [6.45, 7) is 0. The first-order valence-electron chi connectivity index (χ1n) is 3.75. The molecule has 1 aromatic rings. The third kappa shape index (κ3) is 2.66. The molecule has 0 amide bonds. The molecule has 0 saturated heterocycles. The van der Waals surface area contributed by atoms with Crippen LogP contribution in [0.25, 0.3) is 0 Å². The van der Waals surface area contributed by atoms with Gasteiger partial charge in [-0.15, -0.1) is 0 Å². The zero-order valence-electron chi connectivity index (χ0n) is 7.45. The van der Waals surface area contributed by atoms with Crippen molar-refractivity contribution in [3.05, 3.63) is 30.1 Å². The topological polar surface area (TPSA) is 12.5 Å². The minimum absolute atomic E-state index is 0.154. The minimum Gasteiger partial charge on any atom is -0.429 e. The van der Waals surface area contributed by atoms with E-state index in [0.717, 1.165) is 0 Å². The number of hydrogen-bond donors (Lipinski definition) is 0. The molecule has 0 spiro atoms. The lowest BCUT2D eigenvalue weighted by Crippen LogP contribution is -2.25. The van der Waals surface area contributed by atoms with E-state index < -0.39 is 5.82 Å². The monoisotopic (exact) mass is 199 g/mol. The lowest BCUT2D eigenvalue weighted by Gasteiger charge is -2.13. The Morgan fingerprint density at radius 2 is 2.00 bits per heavy atom. The first-order chi connectivity index (χ1) is 6.11. The normalized spacial score (nSPS) is 9.46. The van der Waals surface area contributed by atoms with Crippen LogP contribution in [-0.4, -0.2) is 24.2 Å². The summed E-state index contributed by atoms with van der Waals surface area (Å²) in [6, 6.07) is 6.15. The second-order valence-electron chi connectivity index (χ2n) is 2.69. The summed E-state index contributed by atoms with van der Waals surface area (Å²) in [4.78, 5) is 1.60. The van der Waals surface area contributed by atoms with Gasteiger partial charge in [0.1, 0.15) is 0 Å². The van der Waals surface area contributed by atoms with Gasteiger partial charge in [-0.25, -0.2) is 4.39 Å². The van der Waals surface area contributed by atoms with Gasteiger partial charge in [0.25, 0.3) is 5.17 Å². The molecule has 0 unspecified atom stereocenters. The Morgan fingerprint density at radius 3 is 2.54 bits per heavy atom. The molecule has 2 nitrogen and oxygen atoms in total. The number of nitrogens with zero attached hydrogens (tertiary/aromatic N) is 1. The van der Waals surface area contributed by atoms with Gasteiger partial charge in [-0.05, 0) is 24.4 Å². The maximum Gasteiger partial charge on any atom is 0.264 e. The van der Waals surface area contributed by atoms with Crippen molar-refractivity contribution in [2.75, 3.05) is 14.1 Å². The number of thiocarbonyl (C=S) groups is 1. The van der Waals surface area contributed by atoms with Crippen molar-refractivity contribution < 1.29 is 9.13 Å². The first kappa shape index (κ1) is 9.92. The smallest absolute Gasteiger partial charge is 0.264 e. The van der Waals surface area contributed by atoms with Crippen LogP contribution in [0.3, 0.4) is 0 Å². The molecular formula is C9H10FNOS. The predicted molar refractivity (Wildman–Crippen MR) is 53.3 cm³/mol. The van der Waals surface area contributed by atoms with E-state index in [0.29, 0.717) is 0 Å². The molecule has 1 aromatic carbocycles. The van der Waals surface area contributed by atoms with E-state index in [1.807, 2.05) is 0 Å². The van der Waals surface area contributed by atoms with Gasteiger partial charge in [-0.3, -0.25) is 0 Å². The Morgan fingerprint density at radius 1 is 1.38 bits per heavy atom. The Bertz CT molecular complexity index is 314. The summed E-state index contributed by atoms with van der Waals surface area (Å²) in [5, 5.41) is 0.241. The highest BCUT2D eigenvalue weighted by Crippen LogP contribution is 2.15. The van der Waals surface area contributed by atoms with Crippen molar-refractivity contribution in [1.82, 2.24) is 4.90 Å². The fourth-order valence-corrected chi connectivity index (χ4v) is 0.803. The highest BCUT2D eigenvalue weighted by atomic mass is 32.1. The molecule has 0 bridgehead atoms. The molecule has 0 fully saturated rings. The maximum atomic E-state index is 13.0. The molecule has 0 aliphatic rings. The SMILES string of the molecule is CN(C)C(=S)Oc1ccccc1F. The average molecular weight is 199 g/mol. The summed E-state index contributed by atoms with van der Waals surface area (Å²) < 4.78 is 18.1. The van der Waals surface area contributed by atoms with Gasteiger partial charge in [0.05, 0.1) is 0 Å². The lowest BCUT2D eigenvalue weighted by atomic mass is 10.3. The molecule has 0 aliphatic heterocycles. The van der Waals surface area contributed by atoms with Crippen molar-refractivity contribution in [3.8, 4) is 5.75 Å². The Labute approximate surface area is 81.9 Å². The molecule has 0 atom stereocenters. The van der Waals surface area contributed by atoms with Crippen LogP contribution in [0.1, 0.15) is 0 Å². The zero-order chi connectivity index (χ0) is 9.84. The van der Waals surface area contributed by atoms with Gasteiger partial charge in [0.15, 0.2) is 11.6 Å². The van der Waals surface area contributed by atoms with Crippen molar-refractivity contribution in [3.63, 3.8) is 0 Å². The van der Waals surface area contributed by atoms with Gasteiger partial charge >= 0.3 is 0 Å². The Balaban J connectivity index is 2.75. The van der Waals surface area contributed by atoms with Crippen LogP contribution in [0.5, 0.6) is 5.75 Å². The molecule has 0 heterocycles. The molecule has 0 aliphatic carbocycles. The van der Waals surface area contributed by atoms with E-state index in [1.54, 1.807) is 31.1 Å². The molecule has 4 heteroatoms. The molecule has 0 radical (unpaired) electrons. The molecule has 70 valence electrons. The second-order valence-corrected chi connectivity index (χ2v) is 3.04. The van der Waals surface area contributed by atoms with E-state index in [4.69, 9.17) is 17.0 Å². The van der Waals surface area contributed by atoms with Crippen LogP contribution in [0.15, 0.2) is 24.3 Å². The zero-order valence-corrected chi connectivity index (χ0v) is 8.27. The van der Waals surface area contributed by atoms with Crippen LogP contribution in [0.4, 0.5) is 4.39 Å². The van der Waals surface area contributed by atoms with Gasteiger partial charge in [-0.1, -0.05) is 12.1 Å². The summed E-state index contributed by atoms with van der Waals surface area (Å²) in [5.74, 6) is -0.257. The van der Waals surface area contributed by atoms with E-state index in [2.05, 4.69) is 0 Å². The van der Waals surface area contributed by atoms with Crippen molar-refractivity contribution >= 4 is 17.4 Å². The summed E-state index contributed by atoms with van der Waals surface area (Å²) in [5.41, 5.74) is 0. The number of para-hydroxylation sites is 1. The molecular weight excluding hydrogens is 189 g/mol. The molecule has 0 N–H and O–H groups in total. The van der Waals surface area contributed by atoms with E-state index in [-0.39, 0.29) is 10.9 Å². The summed E-state index contributed by atoms with van der Waals surface area (Å²) >= 11 is 4.86. The third-order valence-corrected chi connectivity index (χ3v) is 1.85. The second kappa shape index (κ2) is 4.18. The minimum atomic E-state index is -0.410. The van der Waals surface area contributed by atoms with E-state index in [1.165, 1.54) is 12.1 Å². The van der Waals surface area contributed by atoms with Crippen LogP contribution >= 0.6 is 12.2 Å². The van der Waals surface area contributed by atoms with Crippen LogP contribution in [-0.2, 0) is 0 Å². The highest BCUT2D eigenvalue weighted by molar-refractivity contribution is 7.80. The lowest BCUT2D eigenvalue weighted by molar-refractivity contribution is 0.425. The molecule has 1 rings (SSSR count). The van der Waals surface area contributed by atoms with Crippen molar-refractivity contribution in [2.24, 2.45) is 0 Å². The van der Waals surface area contributed by atoms with Crippen molar-refractivity contribution in [1.29, 1.82) is 0 Å². The van der Waals surface area contributed by atoms with E-state index in [9.17, 15) is 4.39 Å². The van der Waals surface area contributed by atoms with Gasteiger partial charge in [0.2, 0.25) is 0 Å². The summed E-state index contributed by atoms with van der Waals surface area (Å²) in [7, 11) is 3.48. The van der Waals surface area contributed by atoms with Gasteiger partial charge in [-0.2, -0.15) is 0 Å². The molecule has 0 aromatic heterocycles. The fourth-order valence-electron chi connectivity index (χ4n) is 0.713. The quantitative estimate of drug-likeness (QED) is 0.642.